The Labute approximate surface area is 231 Å². The molecular weight excluding hydrogens is 464 g/mol. The van der Waals surface area contributed by atoms with Crippen molar-refractivity contribution in [2.75, 3.05) is 6.61 Å². The van der Waals surface area contributed by atoms with Gasteiger partial charge in [0.1, 0.15) is 6.61 Å². The van der Waals surface area contributed by atoms with E-state index >= 15 is 0 Å². The van der Waals surface area contributed by atoms with Crippen molar-refractivity contribution in [3.8, 4) is 11.1 Å². The Morgan fingerprint density at radius 3 is 2.16 bits per heavy atom. The van der Waals surface area contributed by atoms with Crippen LogP contribution in [0.3, 0.4) is 0 Å². The summed E-state index contributed by atoms with van der Waals surface area (Å²) in [6.45, 7) is 7.09. The molecule has 204 valence electrons. The Balaban J connectivity index is 1.48. The molecule has 0 saturated heterocycles. The summed E-state index contributed by atoms with van der Waals surface area (Å²) in [6.07, 6.45) is 20.5. The Hall–Kier alpha value is -2.61. The summed E-state index contributed by atoms with van der Waals surface area (Å²) in [6, 6.07) is 17.2. The minimum atomic E-state index is 0.0259. The smallest absolute Gasteiger partial charge is 0.309 e. The summed E-state index contributed by atoms with van der Waals surface area (Å²) in [5.74, 6) is 1.89. The first-order chi connectivity index (χ1) is 18.7. The molecule has 0 aromatic heterocycles. The van der Waals surface area contributed by atoms with E-state index in [0.29, 0.717) is 24.4 Å². The monoisotopic (exact) mass is 512 g/mol. The van der Waals surface area contributed by atoms with Crippen molar-refractivity contribution in [1.29, 1.82) is 0 Å². The van der Waals surface area contributed by atoms with Gasteiger partial charge in [0.2, 0.25) is 0 Å². The number of hydrogen-bond acceptors (Lipinski definition) is 2. The van der Waals surface area contributed by atoms with E-state index in [-0.39, 0.29) is 17.8 Å². The summed E-state index contributed by atoms with van der Waals surface area (Å²) in [5, 5.41) is 0. The van der Waals surface area contributed by atoms with Crippen LogP contribution in [0.15, 0.2) is 72.8 Å². The number of rotatable bonds is 12. The van der Waals surface area contributed by atoms with Crippen molar-refractivity contribution in [3.05, 3.63) is 84.0 Å². The van der Waals surface area contributed by atoms with Gasteiger partial charge in [0, 0.05) is 5.92 Å². The Kier molecular flexibility index (Phi) is 10.9. The second kappa shape index (κ2) is 14.5. The van der Waals surface area contributed by atoms with Crippen LogP contribution in [0.4, 0.5) is 0 Å². The van der Waals surface area contributed by atoms with Gasteiger partial charge in [-0.05, 0) is 98.8 Å². The molecule has 2 aromatic rings. The van der Waals surface area contributed by atoms with Gasteiger partial charge in [-0.1, -0.05) is 99.0 Å². The summed E-state index contributed by atoms with van der Waals surface area (Å²) >= 11 is 0. The zero-order valence-corrected chi connectivity index (χ0v) is 23.9. The highest BCUT2D eigenvalue weighted by Gasteiger charge is 2.39. The van der Waals surface area contributed by atoms with Gasteiger partial charge in [-0.15, -0.1) is 0 Å². The molecule has 38 heavy (non-hydrogen) atoms. The van der Waals surface area contributed by atoms with Crippen molar-refractivity contribution >= 4 is 5.97 Å². The van der Waals surface area contributed by atoms with Gasteiger partial charge in [-0.3, -0.25) is 4.79 Å². The number of esters is 1. The normalized spacial score (nSPS) is 22.3. The predicted octanol–water partition coefficient (Wildman–Crippen LogP) is 9.89. The van der Waals surface area contributed by atoms with Crippen LogP contribution in [-0.4, -0.2) is 12.6 Å². The number of fused-ring (bicyclic) bond motifs is 3. The highest BCUT2D eigenvalue weighted by Crippen LogP contribution is 2.46. The number of unbranched alkanes of at least 4 members (excludes halogenated alkanes) is 2. The fraction of sp³-hybridized carbons (Fsp3) is 0.528. The molecule has 4 atom stereocenters. The number of carbonyl (C=O) groups is 1. The molecule has 2 aliphatic rings. The maximum Gasteiger partial charge on any atom is 0.309 e. The number of ether oxygens (including phenoxy) is 1. The molecule has 0 bridgehead atoms. The van der Waals surface area contributed by atoms with Gasteiger partial charge in [-0.25, -0.2) is 0 Å². The van der Waals surface area contributed by atoms with Crippen LogP contribution in [0, 0.1) is 23.7 Å². The number of hydrogen-bond donors (Lipinski definition) is 0. The first kappa shape index (κ1) is 28.4. The molecule has 2 aromatic carbocycles. The lowest BCUT2D eigenvalue weighted by Crippen LogP contribution is -2.33. The third kappa shape index (κ3) is 6.87. The quantitative estimate of drug-likeness (QED) is 0.122. The molecule has 1 fully saturated rings. The van der Waals surface area contributed by atoms with E-state index < -0.39 is 0 Å². The summed E-state index contributed by atoms with van der Waals surface area (Å²) in [4.78, 5) is 13.9. The van der Waals surface area contributed by atoms with E-state index in [2.05, 4.69) is 93.6 Å². The van der Waals surface area contributed by atoms with Gasteiger partial charge >= 0.3 is 5.97 Å². The fourth-order valence-electron chi connectivity index (χ4n) is 7.17. The number of allylic oxidation sites excluding steroid dienone is 4. The average Bonchev–Trinajstić information content (AvgIpc) is 3.10. The largest absolute Gasteiger partial charge is 0.464 e. The predicted molar refractivity (Wildman–Crippen MR) is 160 cm³/mol. The molecule has 2 aliphatic carbocycles. The van der Waals surface area contributed by atoms with E-state index in [4.69, 9.17) is 4.74 Å². The first-order valence-corrected chi connectivity index (χ1v) is 15.2. The van der Waals surface area contributed by atoms with Crippen molar-refractivity contribution in [2.24, 2.45) is 23.7 Å². The number of carbonyl (C=O) groups excluding carboxylic acids is 1. The van der Waals surface area contributed by atoms with Crippen molar-refractivity contribution in [1.82, 2.24) is 0 Å². The highest BCUT2D eigenvalue weighted by atomic mass is 16.5. The van der Waals surface area contributed by atoms with Crippen molar-refractivity contribution in [3.63, 3.8) is 0 Å². The zero-order valence-electron chi connectivity index (χ0n) is 23.9. The van der Waals surface area contributed by atoms with E-state index in [0.717, 1.165) is 38.5 Å². The number of benzene rings is 2. The van der Waals surface area contributed by atoms with Crippen LogP contribution in [0.25, 0.3) is 11.1 Å². The fourth-order valence-corrected chi connectivity index (χ4v) is 7.17. The van der Waals surface area contributed by atoms with E-state index in [1.807, 2.05) is 0 Å². The van der Waals surface area contributed by atoms with Crippen LogP contribution >= 0.6 is 0 Å². The minimum absolute atomic E-state index is 0.0259. The third-order valence-electron chi connectivity index (χ3n) is 9.17. The molecule has 1 saturated carbocycles. The van der Waals surface area contributed by atoms with Crippen LogP contribution in [0.2, 0.25) is 0 Å². The molecule has 4 rings (SSSR count). The second-order valence-electron chi connectivity index (χ2n) is 11.6. The Bertz CT molecular complexity index is 1030. The molecule has 2 nitrogen and oxygen atoms in total. The van der Waals surface area contributed by atoms with Gasteiger partial charge in [0.05, 0.1) is 5.92 Å². The SMILES string of the molecule is C/C=C/CCCC(C)C1CCCCC(C(=O)OCC2c3ccccc3-c3ccccc32)C1CCC/C=C/C. The minimum Gasteiger partial charge on any atom is -0.464 e. The van der Waals surface area contributed by atoms with Gasteiger partial charge in [0.25, 0.3) is 0 Å². The first-order valence-electron chi connectivity index (χ1n) is 15.2. The Morgan fingerprint density at radius 2 is 1.50 bits per heavy atom. The lowest BCUT2D eigenvalue weighted by Gasteiger charge is -2.35. The van der Waals surface area contributed by atoms with Crippen LogP contribution in [0.5, 0.6) is 0 Å². The maximum atomic E-state index is 13.9. The second-order valence-corrected chi connectivity index (χ2v) is 11.6. The van der Waals surface area contributed by atoms with E-state index in [1.54, 1.807) is 0 Å². The summed E-state index contributed by atoms with van der Waals surface area (Å²) < 4.78 is 6.27. The molecular formula is C36H48O2. The summed E-state index contributed by atoms with van der Waals surface area (Å²) in [5.41, 5.74) is 5.15. The molecule has 0 radical (unpaired) electrons. The average molecular weight is 513 g/mol. The van der Waals surface area contributed by atoms with Crippen LogP contribution < -0.4 is 0 Å². The van der Waals surface area contributed by atoms with E-state index in [9.17, 15) is 4.79 Å². The van der Waals surface area contributed by atoms with Gasteiger partial charge in [0.15, 0.2) is 0 Å². The third-order valence-corrected chi connectivity index (χ3v) is 9.17. The molecule has 0 aliphatic heterocycles. The zero-order chi connectivity index (χ0) is 26.7. The molecule has 0 N–H and O–H groups in total. The van der Waals surface area contributed by atoms with Gasteiger partial charge in [-0.2, -0.15) is 0 Å². The van der Waals surface area contributed by atoms with Crippen molar-refractivity contribution < 1.29 is 9.53 Å². The van der Waals surface area contributed by atoms with Crippen molar-refractivity contribution in [2.45, 2.75) is 90.9 Å². The summed E-state index contributed by atoms with van der Waals surface area (Å²) in [7, 11) is 0. The van der Waals surface area contributed by atoms with Crippen LogP contribution in [-0.2, 0) is 9.53 Å². The lowest BCUT2D eigenvalue weighted by molar-refractivity contribution is -0.152. The molecule has 0 spiro atoms. The van der Waals surface area contributed by atoms with E-state index in [1.165, 1.54) is 47.9 Å². The lowest BCUT2D eigenvalue weighted by atomic mass is 9.71. The van der Waals surface area contributed by atoms with Crippen LogP contribution in [0.1, 0.15) is 102 Å². The maximum absolute atomic E-state index is 13.9. The molecule has 4 unspecified atom stereocenters. The molecule has 2 heteroatoms. The highest BCUT2D eigenvalue weighted by molar-refractivity contribution is 5.79. The van der Waals surface area contributed by atoms with Gasteiger partial charge < -0.3 is 4.74 Å². The topological polar surface area (TPSA) is 26.3 Å². The Morgan fingerprint density at radius 1 is 0.895 bits per heavy atom. The molecule has 0 amide bonds. The standard InChI is InChI=1S/C36H48O2/c1-4-6-8-10-18-27(3)28-19-12-17-25-34(29(28)20-11-9-7-5-2)36(37)38-26-35-32-23-15-13-21-30(32)31-22-14-16-24-33(31)35/h4-7,13-16,21-24,27-29,34-35H,8-12,17-20,25-26H2,1-3H3/b6-4+,7-5+. The molecule has 0 heterocycles.